The summed E-state index contributed by atoms with van der Waals surface area (Å²) in [6.07, 6.45) is 5.90. The molecule has 13 heavy (non-hydrogen) atoms. The molecule has 2 bridgehead atoms. The van der Waals surface area contributed by atoms with Crippen molar-refractivity contribution in [3.8, 4) is 0 Å². The Kier molecular flexibility index (Phi) is 2.51. The smallest absolute Gasteiger partial charge is 0.0120 e. The second kappa shape index (κ2) is 3.25. The molecule has 0 radical (unpaired) electrons. The lowest BCUT2D eigenvalue weighted by Gasteiger charge is -2.60. The molecule has 0 amide bonds. The Bertz CT molecular complexity index is 193. The molecule has 1 heteroatoms. The van der Waals surface area contributed by atoms with E-state index in [2.05, 4.69) is 36.7 Å². The molecule has 0 nitrogen and oxygen atoms in total. The molecule has 76 valence electrons. The lowest BCUT2D eigenvalue weighted by atomic mass is 9.45. The van der Waals surface area contributed by atoms with Crippen LogP contribution in [0.15, 0.2) is 0 Å². The number of hydrogen-bond acceptors (Lipinski definition) is 0. The van der Waals surface area contributed by atoms with Crippen molar-refractivity contribution < 1.29 is 0 Å². The molecule has 0 aromatic heterocycles. The van der Waals surface area contributed by atoms with Gasteiger partial charge < -0.3 is 0 Å². The van der Waals surface area contributed by atoms with E-state index in [4.69, 9.17) is 0 Å². The van der Waals surface area contributed by atoms with Crippen molar-refractivity contribution in [2.45, 2.75) is 51.3 Å². The van der Waals surface area contributed by atoms with Gasteiger partial charge >= 0.3 is 0 Å². The van der Waals surface area contributed by atoms with Crippen LogP contribution in [0.3, 0.4) is 0 Å². The van der Waals surface area contributed by atoms with Gasteiger partial charge in [-0.15, -0.1) is 0 Å². The van der Waals surface area contributed by atoms with Crippen LogP contribution in [0.4, 0.5) is 0 Å². The molecule has 3 rings (SSSR count). The first-order valence-electron chi connectivity index (χ1n) is 5.66. The van der Waals surface area contributed by atoms with Gasteiger partial charge in [-0.2, -0.15) is 0 Å². The molecular formula is C12H21Br. The third kappa shape index (κ3) is 1.58. The van der Waals surface area contributed by atoms with Crippen LogP contribution in [-0.4, -0.2) is 4.83 Å². The van der Waals surface area contributed by atoms with Gasteiger partial charge in [-0.25, -0.2) is 0 Å². The molecule has 3 saturated carbocycles. The highest BCUT2D eigenvalue weighted by Gasteiger charge is 2.53. The lowest BCUT2D eigenvalue weighted by Crippen LogP contribution is -2.52. The maximum Gasteiger partial charge on any atom is 0.0120 e. The minimum absolute atomic E-state index is 0.671. The molecule has 3 fully saturated rings. The summed E-state index contributed by atoms with van der Waals surface area (Å²) >= 11 is 3.69. The van der Waals surface area contributed by atoms with Gasteiger partial charge in [0.05, 0.1) is 0 Å². The number of hydrogen-bond donors (Lipinski definition) is 0. The molecule has 3 aliphatic carbocycles. The average molecular weight is 245 g/mol. The van der Waals surface area contributed by atoms with Gasteiger partial charge in [-0.05, 0) is 48.9 Å². The van der Waals surface area contributed by atoms with Gasteiger partial charge in [-0.3, -0.25) is 0 Å². The van der Waals surface area contributed by atoms with Crippen molar-refractivity contribution in [3.63, 3.8) is 0 Å². The Balaban J connectivity index is 1.99. The van der Waals surface area contributed by atoms with Crippen molar-refractivity contribution in [2.75, 3.05) is 0 Å². The highest BCUT2D eigenvalue weighted by atomic mass is 79.9. The van der Waals surface area contributed by atoms with E-state index in [1.807, 2.05) is 0 Å². The molecule has 0 aromatic rings. The van der Waals surface area contributed by atoms with Crippen LogP contribution in [0.2, 0.25) is 0 Å². The van der Waals surface area contributed by atoms with Crippen LogP contribution in [0.5, 0.6) is 0 Å². The quantitative estimate of drug-likeness (QED) is 0.638. The van der Waals surface area contributed by atoms with Crippen molar-refractivity contribution in [2.24, 2.45) is 23.2 Å². The SMILES string of the molecule is CC(Br)CC1CC[C@H]2C[C@@H]1C2(C)C. The summed E-state index contributed by atoms with van der Waals surface area (Å²) in [5.74, 6) is 3.10. The van der Waals surface area contributed by atoms with E-state index < -0.39 is 0 Å². The molecule has 0 saturated heterocycles. The lowest BCUT2D eigenvalue weighted by molar-refractivity contribution is -0.106. The van der Waals surface area contributed by atoms with Crippen molar-refractivity contribution >= 4 is 15.9 Å². The normalized spacial score (nSPS) is 43.8. The fourth-order valence-corrected chi connectivity index (χ4v) is 4.14. The summed E-state index contributed by atoms with van der Waals surface area (Å²) in [5, 5.41) is 0. The van der Waals surface area contributed by atoms with Gasteiger partial charge in [0.2, 0.25) is 0 Å². The van der Waals surface area contributed by atoms with Crippen LogP contribution in [0.25, 0.3) is 0 Å². The summed E-state index contributed by atoms with van der Waals surface area (Å²) in [6, 6.07) is 0. The molecule has 3 aliphatic rings. The van der Waals surface area contributed by atoms with Gasteiger partial charge in [-0.1, -0.05) is 36.7 Å². The summed E-state index contributed by atoms with van der Waals surface area (Å²) in [5.41, 5.74) is 0.671. The number of halogens is 1. The second-order valence-electron chi connectivity index (χ2n) is 5.71. The monoisotopic (exact) mass is 244 g/mol. The number of rotatable bonds is 2. The van der Waals surface area contributed by atoms with Gasteiger partial charge in [0.25, 0.3) is 0 Å². The van der Waals surface area contributed by atoms with E-state index in [9.17, 15) is 0 Å². The summed E-state index contributed by atoms with van der Waals surface area (Å²) in [4.78, 5) is 0.713. The zero-order chi connectivity index (χ0) is 9.64. The molecular weight excluding hydrogens is 224 g/mol. The standard InChI is InChI=1S/C12H21Br/c1-8(13)6-9-4-5-10-7-11(9)12(10,2)3/h8-11H,4-7H2,1-3H3/t8?,9?,10-,11-/m0/s1. The van der Waals surface area contributed by atoms with E-state index in [1.165, 1.54) is 25.7 Å². The zero-order valence-electron chi connectivity index (χ0n) is 9.02. The Morgan fingerprint density at radius 1 is 1.38 bits per heavy atom. The second-order valence-corrected chi connectivity index (χ2v) is 7.28. The minimum Gasteiger partial charge on any atom is -0.0894 e. The van der Waals surface area contributed by atoms with E-state index in [0.29, 0.717) is 10.2 Å². The van der Waals surface area contributed by atoms with Gasteiger partial charge in [0, 0.05) is 4.83 Å². The van der Waals surface area contributed by atoms with E-state index >= 15 is 0 Å². The minimum atomic E-state index is 0.671. The van der Waals surface area contributed by atoms with Crippen molar-refractivity contribution in [1.82, 2.24) is 0 Å². The highest BCUT2D eigenvalue weighted by molar-refractivity contribution is 9.09. The molecule has 0 N–H and O–H groups in total. The van der Waals surface area contributed by atoms with Crippen LogP contribution < -0.4 is 0 Å². The third-order valence-corrected chi connectivity index (χ3v) is 5.00. The fourth-order valence-electron chi connectivity index (χ4n) is 3.66. The molecule has 0 spiro atoms. The van der Waals surface area contributed by atoms with Crippen LogP contribution >= 0.6 is 15.9 Å². The Morgan fingerprint density at radius 2 is 2.08 bits per heavy atom. The van der Waals surface area contributed by atoms with Crippen molar-refractivity contribution in [3.05, 3.63) is 0 Å². The first-order valence-corrected chi connectivity index (χ1v) is 6.57. The largest absolute Gasteiger partial charge is 0.0894 e. The van der Waals surface area contributed by atoms with Gasteiger partial charge in [0.15, 0.2) is 0 Å². The molecule has 2 unspecified atom stereocenters. The first kappa shape index (κ1) is 10.0. The first-order chi connectivity index (χ1) is 6.01. The van der Waals surface area contributed by atoms with Crippen LogP contribution in [-0.2, 0) is 0 Å². The maximum atomic E-state index is 3.69. The summed E-state index contributed by atoms with van der Waals surface area (Å²) in [6.45, 7) is 7.26. The van der Waals surface area contributed by atoms with Gasteiger partial charge in [0.1, 0.15) is 0 Å². The molecule has 4 atom stereocenters. The summed E-state index contributed by atoms with van der Waals surface area (Å²) < 4.78 is 0. The zero-order valence-corrected chi connectivity index (χ0v) is 10.6. The van der Waals surface area contributed by atoms with Crippen LogP contribution in [0.1, 0.15) is 46.5 Å². The molecule has 0 heterocycles. The van der Waals surface area contributed by atoms with Crippen LogP contribution in [0, 0.1) is 23.2 Å². The topological polar surface area (TPSA) is 0 Å². The number of fused-ring (bicyclic) bond motifs is 2. The molecule has 0 aromatic carbocycles. The van der Waals surface area contributed by atoms with E-state index in [0.717, 1.165) is 17.8 Å². The predicted octanol–water partition coefficient (Wildman–Crippen LogP) is 4.23. The fraction of sp³-hybridized carbons (Fsp3) is 1.00. The Labute approximate surface area is 90.6 Å². The third-order valence-electron chi connectivity index (χ3n) is 4.63. The van der Waals surface area contributed by atoms with Crippen molar-refractivity contribution in [1.29, 1.82) is 0 Å². The predicted molar refractivity (Wildman–Crippen MR) is 61.1 cm³/mol. The maximum absolute atomic E-state index is 3.69. The summed E-state index contributed by atoms with van der Waals surface area (Å²) in [7, 11) is 0. The van der Waals surface area contributed by atoms with E-state index in [-0.39, 0.29) is 0 Å². The molecule has 0 aliphatic heterocycles. The highest BCUT2D eigenvalue weighted by Crippen LogP contribution is 2.62. The average Bonchev–Trinajstić information content (AvgIpc) is 2.03. The number of alkyl halides is 1. The Morgan fingerprint density at radius 3 is 2.54 bits per heavy atom. The van der Waals surface area contributed by atoms with E-state index in [1.54, 1.807) is 0 Å². The Hall–Kier alpha value is 0.480.